The van der Waals surface area contributed by atoms with Gasteiger partial charge in [-0.15, -0.1) is 0 Å². The first-order valence-electron chi connectivity index (χ1n) is 11.5. The molecule has 6 heteroatoms. The Kier molecular flexibility index (Phi) is 7.06. The van der Waals surface area contributed by atoms with Gasteiger partial charge in [-0.1, -0.05) is 36.4 Å². The van der Waals surface area contributed by atoms with Crippen LogP contribution in [0.15, 0.2) is 54.7 Å². The van der Waals surface area contributed by atoms with Crippen LogP contribution in [0.2, 0.25) is 0 Å². The average molecular weight is 444 g/mol. The van der Waals surface area contributed by atoms with Crippen LogP contribution in [-0.2, 0) is 17.9 Å². The number of likely N-dealkylation sites (N-methyl/N-ethyl adjacent to an activating group) is 2. The molecule has 4 rings (SSSR count). The van der Waals surface area contributed by atoms with Gasteiger partial charge >= 0.3 is 0 Å². The molecule has 2 N–H and O–H groups in total. The molecule has 1 fully saturated rings. The second-order valence-corrected chi connectivity index (χ2v) is 9.01. The number of pyridine rings is 1. The number of carbonyl (C=O) groups is 1. The van der Waals surface area contributed by atoms with Gasteiger partial charge in [-0.05, 0) is 53.6 Å². The van der Waals surface area contributed by atoms with Crippen molar-refractivity contribution in [3.05, 3.63) is 77.0 Å². The predicted molar refractivity (Wildman–Crippen MR) is 136 cm³/mol. The lowest BCUT2D eigenvalue weighted by Gasteiger charge is -2.32. The molecule has 3 aromatic rings. The first-order valence-corrected chi connectivity index (χ1v) is 11.5. The van der Waals surface area contributed by atoms with Gasteiger partial charge in [-0.3, -0.25) is 9.69 Å². The molecule has 1 aliphatic rings. The first kappa shape index (κ1) is 23.0. The number of hydrogen-bond acceptors (Lipinski definition) is 5. The number of fused-ring (bicyclic) bond motifs is 1. The minimum absolute atomic E-state index is 0.0444. The minimum atomic E-state index is -0.0444. The fourth-order valence-electron chi connectivity index (χ4n) is 4.28. The largest absolute Gasteiger partial charge is 0.383 e. The molecule has 1 saturated heterocycles. The van der Waals surface area contributed by atoms with E-state index in [0.29, 0.717) is 12.4 Å². The average Bonchev–Trinajstić information content (AvgIpc) is 2.82. The minimum Gasteiger partial charge on any atom is -0.383 e. The van der Waals surface area contributed by atoms with E-state index in [1.807, 2.05) is 25.3 Å². The molecule has 172 valence electrons. The maximum absolute atomic E-state index is 12.8. The number of nitrogens with zero attached hydrogens (tertiary/aromatic N) is 4. The maximum atomic E-state index is 12.8. The molecule has 1 amide bonds. The van der Waals surface area contributed by atoms with Gasteiger partial charge in [0.05, 0.1) is 0 Å². The Morgan fingerprint density at radius 1 is 1.09 bits per heavy atom. The van der Waals surface area contributed by atoms with Gasteiger partial charge in [0, 0.05) is 64.2 Å². The SMILES string of the molecule is Cc1ccc(CN(C)C(=O)C=Cc2cnc(N)c(CN3CCN(C)CC3)c2)c2ccccc12. The van der Waals surface area contributed by atoms with Crippen LogP contribution in [0.5, 0.6) is 0 Å². The van der Waals surface area contributed by atoms with E-state index in [9.17, 15) is 4.79 Å². The van der Waals surface area contributed by atoms with Crippen LogP contribution in [0, 0.1) is 6.92 Å². The quantitative estimate of drug-likeness (QED) is 0.591. The summed E-state index contributed by atoms with van der Waals surface area (Å²) < 4.78 is 0. The van der Waals surface area contributed by atoms with Crippen LogP contribution < -0.4 is 5.73 Å². The summed E-state index contributed by atoms with van der Waals surface area (Å²) in [6.45, 7) is 7.61. The van der Waals surface area contributed by atoms with E-state index in [4.69, 9.17) is 5.73 Å². The fourth-order valence-corrected chi connectivity index (χ4v) is 4.28. The lowest BCUT2D eigenvalue weighted by Crippen LogP contribution is -2.44. The molecule has 0 atom stereocenters. The Morgan fingerprint density at radius 3 is 2.58 bits per heavy atom. The lowest BCUT2D eigenvalue weighted by molar-refractivity contribution is -0.125. The van der Waals surface area contributed by atoms with E-state index >= 15 is 0 Å². The van der Waals surface area contributed by atoms with Gasteiger partial charge in [-0.2, -0.15) is 0 Å². The van der Waals surface area contributed by atoms with Gasteiger partial charge in [0.25, 0.3) is 0 Å². The number of nitrogen functional groups attached to an aromatic ring is 1. The summed E-state index contributed by atoms with van der Waals surface area (Å²) in [5.41, 5.74) is 10.4. The van der Waals surface area contributed by atoms with Crippen LogP contribution in [0.3, 0.4) is 0 Å². The van der Waals surface area contributed by atoms with Crippen molar-refractivity contribution in [3.63, 3.8) is 0 Å². The van der Waals surface area contributed by atoms with E-state index < -0.39 is 0 Å². The van der Waals surface area contributed by atoms with Crippen molar-refractivity contribution in [2.24, 2.45) is 0 Å². The highest BCUT2D eigenvalue weighted by Gasteiger charge is 2.15. The molecular weight excluding hydrogens is 410 g/mol. The third kappa shape index (κ3) is 5.59. The molecular formula is C27H33N5O. The van der Waals surface area contributed by atoms with E-state index in [2.05, 4.69) is 59.1 Å². The smallest absolute Gasteiger partial charge is 0.246 e. The monoisotopic (exact) mass is 443 g/mol. The van der Waals surface area contributed by atoms with Crippen molar-refractivity contribution < 1.29 is 4.79 Å². The number of aryl methyl sites for hydroxylation is 1. The molecule has 1 aliphatic heterocycles. The Labute approximate surface area is 196 Å². The van der Waals surface area contributed by atoms with Crippen LogP contribution >= 0.6 is 0 Å². The molecule has 2 heterocycles. The summed E-state index contributed by atoms with van der Waals surface area (Å²) in [5, 5.41) is 2.42. The van der Waals surface area contributed by atoms with E-state index in [-0.39, 0.29) is 5.91 Å². The summed E-state index contributed by atoms with van der Waals surface area (Å²) in [6, 6.07) is 14.6. The highest BCUT2D eigenvalue weighted by molar-refractivity contribution is 5.92. The van der Waals surface area contributed by atoms with Gasteiger partial charge in [0.1, 0.15) is 5.82 Å². The third-order valence-corrected chi connectivity index (χ3v) is 6.45. The molecule has 0 aliphatic carbocycles. The van der Waals surface area contributed by atoms with E-state index in [1.165, 1.54) is 16.3 Å². The second-order valence-electron chi connectivity index (χ2n) is 9.01. The zero-order valence-electron chi connectivity index (χ0n) is 19.8. The van der Waals surface area contributed by atoms with Crippen molar-refractivity contribution >= 4 is 28.6 Å². The molecule has 0 bridgehead atoms. The van der Waals surface area contributed by atoms with Crippen LogP contribution in [-0.4, -0.2) is 65.9 Å². The van der Waals surface area contributed by atoms with Gasteiger partial charge in [-0.25, -0.2) is 4.98 Å². The first-order chi connectivity index (χ1) is 15.9. The summed E-state index contributed by atoms with van der Waals surface area (Å²) in [6.07, 6.45) is 5.16. The number of anilines is 1. The van der Waals surface area contributed by atoms with Gasteiger partial charge in [0.15, 0.2) is 0 Å². The topological polar surface area (TPSA) is 65.7 Å². The Balaban J connectivity index is 1.42. The van der Waals surface area contributed by atoms with E-state index in [0.717, 1.165) is 49.4 Å². The number of hydrogen-bond donors (Lipinski definition) is 1. The van der Waals surface area contributed by atoms with Crippen LogP contribution in [0.4, 0.5) is 5.82 Å². The molecule has 6 nitrogen and oxygen atoms in total. The van der Waals surface area contributed by atoms with Gasteiger partial charge < -0.3 is 15.5 Å². The zero-order chi connectivity index (χ0) is 23.4. The van der Waals surface area contributed by atoms with Crippen molar-refractivity contribution in [3.8, 4) is 0 Å². The molecule has 33 heavy (non-hydrogen) atoms. The van der Waals surface area contributed by atoms with Crippen LogP contribution in [0.1, 0.15) is 22.3 Å². The number of nitrogens with two attached hydrogens (primary N) is 1. The summed E-state index contributed by atoms with van der Waals surface area (Å²) in [4.78, 5) is 23.6. The molecule has 0 saturated carbocycles. The Hall–Kier alpha value is -3.22. The predicted octanol–water partition coefficient (Wildman–Crippen LogP) is 3.54. The number of aromatic nitrogens is 1. The Bertz CT molecular complexity index is 1160. The van der Waals surface area contributed by atoms with Crippen molar-refractivity contribution in [2.75, 3.05) is 46.0 Å². The van der Waals surface area contributed by atoms with E-state index in [1.54, 1.807) is 17.2 Å². The summed E-state index contributed by atoms with van der Waals surface area (Å²) in [7, 11) is 3.98. The van der Waals surface area contributed by atoms with Crippen LogP contribution in [0.25, 0.3) is 16.8 Å². The molecule has 0 spiro atoms. The highest BCUT2D eigenvalue weighted by atomic mass is 16.2. The maximum Gasteiger partial charge on any atom is 0.246 e. The standard InChI is InChI=1S/C27H33N5O/c1-20-8-10-22(25-7-5-4-6-24(20)25)18-31(3)26(33)11-9-21-16-23(27(28)29-17-21)19-32-14-12-30(2)13-15-32/h4-11,16-17H,12-15,18-19H2,1-3H3,(H2,28,29). The third-order valence-electron chi connectivity index (χ3n) is 6.45. The summed E-state index contributed by atoms with van der Waals surface area (Å²) >= 11 is 0. The van der Waals surface area contributed by atoms with Crippen molar-refractivity contribution in [1.29, 1.82) is 0 Å². The molecule has 0 unspecified atom stereocenters. The highest BCUT2D eigenvalue weighted by Crippen LogP contribution is 2.23. The number of amides is 1. The van der Waals surface area contributed by atoms with Crippen molar-refractivity contribution in [2.45, 2.75) is 20.0 Å². The lowest BCUT2D eigenvalue weighted by atomic mass is 10.00. The normalized spacial score (nSPS) is 15.4. The number of piperazine rings is 1. The molecule has 1 aromatic heterocycles. The zero-order valence-corrected chi connectivity index (χ0v) is 19.8. The Morgan fingerprint density at radius 2 is 1.82 bits per heavy atom. The summed E-state index contributed by atoms with van der Waals surface area (Å²) in [5.74, 6) is 0.512. The number of carbonyl (C=O) groups excluding carboxylic acids is 1. The van der Waals surface area contributed by atoms with Gasteiger partial charge in [0.2, 0.25) is 5.91 Å². The second kappa shape index (κ2) is 10.1. The van der Waals surface area contributed by atoms with Crippen molar-refractivity contribution in [1.82, 2.24) is 19.7 Å². The molecule has 0 radical (unpaired) electrons. The fraction of sp³-hybridized carbons (Fsp3) is 0.333. The number of rotatable bonds is 6. The number of benzene rings is 2. The molecule has 2 aromatic carbocycles.